The van der Waals surface area contributed by atoms with E-state index in [1.807, 2.05) is 30.3 Å². The predicted molar refractivity (Wildman–Crippen MR) is 100 cm³/mol. The fraction of sp³-hybridized carbons (Fsp3) is 0.474. The van der Waals surface area contributed by atoms with Crippen molar-refractivity contribution in [3.8, 4) is 0 Å². The van der Waals surface area contributed by atoms with Gasteiger partial charge in [0.2, 0.25) is 8.07 Å². The standard InChI is InChI=1S/C19H28N2OSi/c1-14(2)23(15(3)4,16(5)6)19(21-20)18(22)13-12-17-10-8-7-9-11-17/h7-16H,1-6H3/b13-12+. The van der Waals surface area contributed by atoms with Gasteiger partial charge >= 0.3 is 5.33 Å². The molecule has 0 spiro atoms. The maximum absolute atomic E-state index is 12.8. The van der Waals surface area contributed by atoms with E-state index in [-0.39, 0.29) is 5.78 Å². The van der Waals surface area contributed by atoms with Crippen LogP contribution in [-0.2, 0) is 4.79 Å². The monoisotopic (exact) mass is 328 g/mol. The molecule has 0 aliphatic rings. The molecule has 0 atom stereocenters. The molecule has 0 aromatic heterocycles. The van der Waals surface area contributed by atoms with Crippen LogP contribution in [0, 0.1) is 0 Å². The minimum absolute atomic E-state index is 0.167. The molecule has 0 saturated carbocycles. The molecule has 0 unspecified atom stereocenters. The largest absolute Gasteiger partial charge is 0.362 e. The molecular formula is C19H28N2OSi. The molecule has 23 heavy (non-hydrogen) atoms. The first-order chi connectivity index (χ1) is 10.8. The number of carbonyl (C=O) groups excluding carboxylic acids is 1. The van der Waals surface area contributed by atoms with Crippen molar-refractivity contribution in [3.05, 3.63) is 47.5 Å². The van der Waals surface area contributed by atoms with Crippen molar-refractivity contribution in [2.75, 3.05) is 0 Å². The molecule has 0 N–H and O–H groups in total. The number of rotatable bonds is 7. The van der Waals surface area contributed by atoms with Gasteiger partial charge in [0.05, 0.1) is 0 Å². The minimum Gasteiger partial charge on any atom is -0.362 e. The van der Waals surface area contributed by atoms with Crippen molar-refractivity contribution < 1.29 is 9.58 Å². The first-order valence-corrected chi connectivity index (χ1v) is 10.5. The number of carbonyl (C=O) groups is 1. The molecule has 0 fully saturated rings. The first-order valence-electron chi connectivity index (χ1n) is 8.28. The summed E-state index contributed by atoms with van der Waals surface area (Å²) in [6.45, 7) is 12.9. The van der Waals surface area contributed by atoms with E-state index in [2.05, 4.69) is 46.3 Å². The van der Waals surface area contributed by atoms with Gasteiger partial charge in [-0.1, -0.05) is 78.0 Å². The Hall–Kier alpha value is -1.77. The fourth-order valence-electron chi connectivity index (χ4n) is 3.98. The lowest BCUT2D eigenvalue weighted by atomic mass is 10.2. The quantitative estimate of drug-likeness (QED) is 0.224. The average Bonchev–Trinajstić information content (AvgIpc) is 2.49. The Kier molecular flexibility index (Phi) is 6.86. The lowest BCUT2D eigenvalue weighted by Crippen LogP contribution is -2.55. The van der Waals surface area contributed by atoms with Crippen molar-refractivity contribution in [3.63, 3.8) is 0 Å². The van der Waals surface area contributed by atoms with E-state index in [0.717, 1.165) is 5.56 Å². The number of allylic oxidation sites excluding steroid dienone is 1. The van der Waals surface area contributed by atoms with E-state index >= 15 is 0 Å². The summed E-state index contributed by atoms with van der Waals surface area (Å²) in [5, 5.41) is 0.393. The summed E-state index contributed by atoms with van der Waals surface area (Å²) in [6.07, 6.45) is 3.33. The molecule has 0 amide bonds. The molecule has 4 heteroatoms. The molecule has 1 aromatic carbocycles. The molecule has 1 aromatic rings. The molecule has 1 rings (SSSR count). The summed E-state index contributed by atoms with van der Waals surface area (Å²) < 4.78 is 0. The van der Waals surface area contributed by atoms with Gasteiger partial charge in [0.25, 0.3) is 5.78 Å². The van der Waals surface area contributed by atoms with Gasteiger partial charge in [0.1, 0.15) is 0 Å². The molecule has 124 valence electrons. The van der Waals surface area contributed by atoms with Crippen molar-refractivity contribution in [2.45, 2.75) is 58.2 Å². The highest BCUT2D eigenvalue weighted by Gasteiger charge is 2.55. The van der Waals surface area contributed by atoms with Gasteiger partial charge in [0.15, 0.2) is 0 Å². The van der Waals surface area contributed by atoms with E-state index in [4.69, 9.17) is 0 Å². The van der Waals surface area contributed by atoms with Gasteiger partial charge in [-0.05, 0) is 28.3 Å². The summed E-state index contributed by atoms with van der Waals surface area (Å²) in [7, 11) is -2.26. The van der Waals surface area contributed by atoms with Crippen LogP contribution in [-0.4, -0.2) is 24.0 Å². The van der Waals surface area contributed by atoms with Crippen LogP contribution >= 0.6 is 0 Å². The SMILES string of the molecule is CC(C)[Si](C(=[N+]=[N-])C(=O)/C=C/c1ccccc1)(C(C)C)C(C)C. The van der Waals surface area contributed by atoms with E-state index in [9.17, 15) is 10.3 Å². The lowest BCUT2D eigenvalue weighted by Gasteiger charge is -2.37. The molecule has 0 bridgehead atoms. The molecule has 0 radical (unpaired) electrons. The topological polar surface area (TPSA) is 53.5 Å². The Bertz CT molecular complexity index is 590. The Labute approximate surface area is 141 Å². The second kappa shape index (κ2) is 8.18. The van der Waals surface area contributed by atoms with Crippen molar-refractivity contribution in [1.29, 1.82) is 0 Å². The van der Waals surface area contributed by atoms with Crippen LogP contribution in [0.1, 0.15) is 47.1 Å². The molecular weight excluding hydrogens is 300 g/mol. The highest BCUT2D eigenvalue weighted by Crippen LogP contribution is 2.42. The number of ketones is 1. The van der Waals surface area contributed by atoms with Gasteiger partial charge in [-0.2, -0.15) is 4.79 Å². The molecule has 3 nitrogen and oxygen atoms in total. The summed E-state index contributed by atoms with van der Waals surface area (Å²) >= 11 is 0. The smallest absolute Gasteiger partial charge is 0.305 e. The highest BCUT2D eigenvalue weighted by molar-refractivity contribution is 7.16. The van der Waals surface area contributed by atoms with Gasteiger partial charge in [0, 0.05) is 0 Å². The van der Waals surface area contributed by atoms with E-state index in [1.165, 1.54) is 0 Å². The predicted octanol–water partition coefficient (Wildman–Crippen LogP) is 5.16. The van der Waals surface area contributed by atoms with Crippen molar-refractivity contribution >= 4 is 25.3 Å². The summed E-state index contributed by atoms with van der Waals surface area (Å²) in [5.74, 6) is -0.167. The third-order valence-corrected chi connectivity index (χ3v) is 11.7. The Morgan fingerprint density at radius 3 is 1.87 bits per heavy atom. The average molecular weight is 329 g/mol. The Balaban J connectivity index is 3.26. The fourth-order valence-corrected chi connectivity index (χ4v) is 10.3. The maximum atomic E-state index is 12.8. The zero-order valence-electron chi connectivity index (χ0n) is 15.1. The van der Waals surface area contributed by atoms with Gasteiger partial charge in [-0.25, -0.2) is 0 Å². The zero-order valence-corrected chi connectivity index (χ0v) is 16.1. The normalized spacial score (nSPS) is 12.2. The highest BCUT2D eigenvalue weighted by atomic mass is 28.3. The lowest BCUT2D eigenvalue weighted by molar-refractivity contribution is -0.112. The van der Waals surface area contributed by atoms with Crippen LogP contribution in [0.15, 0.2) is 36.4 Å². The van der Waals surface area contributed by atoms with E-state index < -0.39 is 8.07 Å². The minimum atomic E-state index is -2.26. The number of hydrogen-bond donors (Lipinski definition) is 0. The number of nitrogens with zero attached hydrogens (tertiary/aromatic N) is 2. The Morgan fingerprint density at radius 1 is 1.00 bits per heavy atom. The summed E-state index contributed by atoms with van der Waals surface area (Å²) in [5.41, 5.74) is 11.6. The van der Waals surface area contributed by atoms with Crippen LogP contribution in [0.3, 0.4) is 0 Å². The Morgan fingerprint density at radius 2 is 1.48 bits per heavy atom. The van der Waals surface area contributed by atoms with Crippen LogP contribution < -0.4 is 0 Å². The third-order valence-electron chi connectivity index (χ3n) is 4.84. The van der Waals surface area contributed by atoms with Gasteiger partial charge in [-0.15, -0.1) is 0 Å². The van der Waals surface area contributed by atoms with Crippen molar-refractivity contribution in [1.82, 2.24) is 0 Å². The molecule has 0 aliphatic heterocycles. The van der Waals surface area contributed by atoms with Gasteiger partial charge in [-0.3, -0.25) is 4.79 Å². The third kappa shape index (κ3) is 3.95. The second-order valence-electron chi connectivity index (χ2n) is 6.95. The van der Waals surface area contributed by atoms with Crippen LogP contribution in [0.2, 0.25) is 16.6 Å². The molecule has 0 saturated heterocycles. The van der Waals surface area contributed by atoms with Crippen LogP contribution in [0.25, 0.3) is 11.6 Å². The van der Waals surface area contributed by atoms with E-state index in [1.54, 1.807) is 12.2 Å². The van der Waals surface area contributed by atoms with Crippen LogP contribution in [0.4, 0.5) is 0 Å². The van der Waals surface area contributed by atoms with E-state index in [0.29, 0.717) is 22.0 Å². The number of hydrogen-bond acceptors (Lipinski definition) is 1. The molecule has 0 heterocycles. The maximum Gasteiger partial charge on any atom is 0.305 e. The van der Waals surface area contributed by atoms with Crippen LogP contribution in [0.5, 0.6) is 0 Å². The zero-order chi connectivity index (χ0) is 17.6. The summed E-state index contributed by atoms with van der Waals surface area (Å²) in [4.78, 5) is 16.3. The van der Waals surface area contributed by atoms with Gasteiger partial charge < -0.3 is 5.53 Å². The molecule has 0 aliphatic carbocycles. The second-order valence-corrected chi connectivity index (χ2v) is 12.8. The first kappa shape index (κ1) is 19.3. The van der Waals surface area contributed by atoms with Crippen molar-refractivity contribution in [2.24, 2.45) is 0 Å². The number of benzene rings is 1. The summed E-state index contributed by atoms with van der Waals surface area (Å²) in [6, 6.07) is 9.68.